The average Bonchev–Trinajstić information content (AvgIpc) is 2.27. The van der Waals surface area contributed by atoms with Gasteiger partial charge in [-0.3, -0.25) is 0 Å². The number of amides is 2. The molecule has 1 saturated carbocycles. The summed E-state index contributed by atoms with van der Waals surface area (Å²) in [7, 11) is 3.84. The van der Waals surface area contributed by atoms with Gasteiger partial charge in [-0.25, -0.2) is 9.59 Å². The van der Waals surface area contributed by atoms with Gasteiger partial charge in [0.05, 0.1) is 0 Å². The number of nitrogens with one attached hydrogen (secondary N) is 2. The molecule has 2 unspecified atom stereocenters. The Hall–Kier alpha value is -1.30. The summed E-state index contributed by atoms with van der Waals surface area (Å²) < 4.78 is 0. The first-order valence-corrected chi connectivity index (χ1v) is 6.80. The molecule has 1 rings (SSSR count). The van der Waals surface area contributed by atoms with Crippen LogP contribution in [0, 0.1) is 5.92 Å². The summed E-state index contributed by atoms with van der Waals surface area (Å²) >= 11 is 0. The van der Waals surface area contributed by atoms with Crippen molar-refractivity contribution in [1.29, 1.82) is 0 Å². The first kappa shape index (κ1) is 15.8. The molecule has 6 heteroatoms. The van der Waals surface area contributed by atoms with Gasteiger partial charge >= 0.3 is 12.0 Å². The van der Waals surface area contributed by atoms with Crippen molar-refractivity contribution in [2.75, 3.05) is 27.2 Å². The van der Waals surface area contributed by atoms with E-state index in [4.69, 9.17) is 0 Å². The highest BCUT2D eigenvalue weighted by atomic mass is 16.4. The molecule has 19 heavy (non-hydrogen) atoms. The lowest BCUT2D eigenvalue weighted by molar-refractivity contribution is -0.146. The Labute approximate surface area is 114 Å². The van der Waals surface area contributed by atoms with Gasteiger partial charge in [0.1, 0.15) is 5.54 Å². The maximum Gasteiger partial charge on any atom is 0.329 e. The SMILES string of the molecule is CC1CCCC(NC(=O)NCCN(C)C)(C(=O)O)C1. The smallest absolute Gasteiger partial charge is 0.329 e. The van der Waals surface area contributed by atoms with Gasteiger partial charge in [0.15, 0.2) is 0 Å². The molecule has 0 aliphatic heterocycles. The van der Waals surface area contributed by atoms with Crippen molar-refractivity contribution in [2.45, 2.75) is 38.1 Å². The normalized spacial score (nSPS) is 27.1. The molecule has 110 valence electrons. The molecule has 1 aliphatic carbocycles. The molecular weight excluding hydrogens is 246 g/mol. The Balaban J connectivity index is 2.54. The molecule has 0 aromatic heterocycles. The molecule has 0 radical (unpaired) electrons. The van der Waals surface area contributed by atoms with E-state index in [2.05, 4.69) is 10.6 Å². The van der Waals surface area contributed by atoms with Crippen LogP contribution in [-0.2, 0) is 4.79 Å². The number of likely N-dealkylation sites (N-methyl/N-ethyl adjacent to an activating group) is 1. The van der Waals surface area contributed by atoms with Crippen LogP contribution in [0.3, 0.4) is 0 Å². The zero-order chi connectivity index (χ0) is 14.5. The first-order valence-electron chi connectivity index (χ1n) is 6.80. The lowest BCUT2D eigenvalue weighted by atomic mass is 9.76. The van der Waals surface area contributed by atoms with Crippen LogP contribution in [0.1, 0.15) is 32.6 Å². The fourth-order valence-corrected chi connectivity index (χ4v) is 2.57. The molecular formula is C13H25N3O3. The summed E-state index contributed by atoms with van der Waals surface area (Å²) in [5, 5.41) is 14.8. The summed E-state index contributed by atoms with van der Waals surface area (Å²) in [5.41, 5.74) is -1.10. The monoisotopic (exact) mass is 271 g/mol. The topological polar surface area (TPSA) is 81.7 Å². The number of carbonyl (C=O) groups is 2. The Morgan fingerprint density at radius 3 is 2.63 bits per heavy atom. The summed E-state index contributed by atoms with van der Waals surface area (Å²) in [4.78, 5) is 25.2. The predicted molar refractivity (Wildman–Crippen MR) is 73.1 cm³/mol. The number of carboxylic acid groups (broad SMARTS) is 1. The van der Waals surface area contributed by atoms with E-state index >= 15 is 0 Å². The highest BCUT2D eigenvalue weighted by Crippen LogP contribution is 2.32. The molecule has 0 aromatic rings. The van der Waals surface area contributed by atoms with Gasteiger partial charge in [0.25, 0.3) is 0 Å². The molecule has 0 spiro atoms. The third kappa shape index (κ3) is 4.70. The Morgan fingerprint density at radius 1 is 1.42 bits per heavy atom. The zero-order valence-corrected chi connectivity index (χ0v) is 12.0. The van der Waals surface area contributed by atoms with Crippen LogP contribution in [0.2, 0.25) is 0 Å². The predicted octanol–water partition coefficient (Wildman–Crippen LogP) is 0.881. The molecule has 0 saturated heterocycles. The fourth-order valence-electron chi connectivity index (χ4n) is 2.57. The second-order valence-electron chi connectivity index (χ2n) is 5.77. The standard InChI is InChI=1S/C13H25N3O3/c1-10-5-4-6-13(9-10,11(17)18)15-12(19)14-7-8-16(2)3/h10H,4-9H2,1-3H3,(H,17,18)(H2,14,15,19). The number of carboxylic acids is 1. The van der Waals surface area contributed by atoms with Crippen molar-refractivity contribution in [3.05, 3.63) is 0 Å². The fraction of sp³-hybridized carbons (Fsp3) is 0.846. The number of nitrogens with zero attached hydrogens (tertiary/aromatic N) is 1. The van der Waals surface area contributed by atoms with E-state index in [1.54, 1.807) is 0 Å². The number of carbonyl (C=O) groups excluding carboxylic acids is 1. The van der Waals surface area contributed by atoms with Crippen molar-refractivity contribution in [1.82, 2.24) is 15.5 Å². The van der Waals surface area contributed by atoms with Crippen molar-refractivity contribution in [3.63, 3.8) is 0 Å². The minimum atomic E-state index is -1.10. The van der Waals surface area contributed by atoms with E-state index in [0.29, 0.717) is 25.3 Å². The van der Waals surface area contributed by atoms with Crippen molar-refractivity contribution in [2.24, 2.45) is 5.92 Å². The molecule has 0 heterocycles. The summed E-state index contributed by atoms with van der Waals surface area (Å²) in [5.74, 6) is -0.603. The molecule has 0 bridgehead atoms. The average molecular weight is 271 g/mol. The lowest BCUT2D eigenvalue weighted by Crippen LogP contribution is -2.59. The maximum absolute atomic E-state index is 11.8. The van der Waals surface area contributed by atoms with Gasteiger partial charge in [0.2, 0.25) is 0 Å². The quantitative estimate of drug-likeness (QED) is 0.693. The van der Waals surface area contributed by atoms with Crippen LogP contribution >= 0.6 is 0 Å². The molecule has 2 atom stereocenters. The molecule has 1 aliphatic rings. The van der Waals surface area contributed by atoms with E-state index in [0.717, 1.165) is 19.4 Å². The summed E-state index contributed by atoms with van der Waals surface area (Å²) in [6.45, 7) is 3.26. The van der Waals surface area contributed by atoms with E-state index in [9.17, 15) is 14.7 Å². The van der Waals surface area contributed by atoms with Crippen molar-refractivity contribution in [3.8, 4) is 0 Å². The molecule has 3 N–H and O–H groups in total. The summed E-state index contributed by atoms with van der Waals surface area (Å²) in [6.07, 6.45) is 2.88. The van der Waals surface area contributed by atoms with Crippen LogP contribution in [0.25, 0.3) is 0 Å². The van der Waals surface area contributed by atoms with Crippen LogP contribution in [-0.4, -0.2) is 54.7 Å². The first-order chi connectivity index (χ1) is 8.85. The van der Waals surface area contributed by atoms with E-state index in [1.165, 1.54) is 0 Å². The van der Waals surface area contributed by atoms with Gasteiger partial charge < -0.3 is 20.6 Å². The second kappa shape index (κ2) is 6.75. The Kier molecular flexibility index (Phi) is 5.60. The Morgan fingerprint density at radius 2 is 2.11 bits per heavy atom. The van der Waals surface area contributed by atoms with Gasteiger partial charge in [0, 0.05) is 13.1 Å². The third-order valence-electron chi connectivity index (χ3n) is 3.60. The number of urea groups is 1. The zero-order valence-electron chi connectivity index (χ0n) is 12.0. The van der Waals surface area contributed by atoms with Gasteiger partial charge in [-0.15, -0.1) is 0 Å². The van der Waals surface area contributed by atoms with E-state index in [1.807, 2.05) is 25.9 Å². The summed E-state index contributed by atoms with van der Waals surface area (Å²) in [6, 6.07) is -0.390. The van der Waals surface area contributed by atoms with Crippen molar-refractivity contribution < 1.29 is 14.7 Å². The highest BCUT2D eigenvalue weighted by molar-refractivity contribution is 5.86. The minimum absolute atomic E-state index is 0.326. The van der Waals surface area contributed by atoms with Crippen LogP contribution in [0.4, 0.5) is 4.79 Å². The van der Waals surface area contributed by atoms with Crippen LogP contribution < -0.4 is 10.6 Å². The van der Waals surface area contributed by atoms with Crippen LogP contribution in [0.5, 0.6) is 0 Å². The second-order valence-corrected chi connectivity index (χ2v) is 5.77. The molecule has 0 aromatic carbocycles. The molecule has 1 fully saturated rings. The lowest BCUT2D eigenvalue weighted by Gasteiger charge is -2.37. The largest absolute Gasteiger partial charge is 0.480 e. The number of rotatable bonds is 5. The number of hydrogen-bond donors (Lipinski definition) is 3. The number of aliphatic carboxylic acids is 1. The van der Waals surface area contributed by atoms with E-state index < -0.39 is 17.5 Å². The maximum atomic E-state index is 11.8. The molecule has 6 nitrogen and oxygen atoms in total. The highest BCUT2D eigenvalue weighted by Gasteiger charge is 2.43. The molecule has 2 amide bonds. The van der Waals surface area contributed by atoms with Gasteiger partial charge in [-0.1, -0.05) is 19.8 Å². The minimum Gasteiger partial charge on any atom is -0.480 e. The Bertz CT molecular complexity index is 333. The van der Waals surface area contributed by atoms with E-state index in [-0.39, 0.29) is 0 Å². The third-order valence-corrected chi connectivity index (χ3v) is 3.60. The van der Waals surface area contributed by atoms with Gasteiger partial charge in [-0.05, 0) is 32.9 Å². The number of hydrogen-bond acceptors (Lipinski definition) is 3. The van der Waals surface area contributed by atoms with Gasteiger partial charge in [-0.2, -0.15) is 0 Å². The van der Waals surface area contributed by atoms with Crippen molar-refractivity contribution >= 4 is 12.0 Å². The van der Waals surface area contributed by atoms with Crippen LogP contribution in [0.15, 0.2) is 0 Å².